The molecule has 2 nitrogen and oxygen atoms in total. The zero-order chi connectivity index (χ0) is 14.4. The lowest BCUT2D eigenvalue weighted by Crippen LogP contribution is -2.25. The third-order valence-electron chi connectivity index (χ3n) is 3.23. The number of hydrogen-bond acceptors (Lipinski definition) is 1. The van der Waals surface area contributed by atoms with E-state index in [0.717, 1.165) is 29.0 Å². The minimum Gasteiger partial charge on any atom is -0.352 e. The first-order valence-corrected chi connectivity index (χ1v) is 7.13. The molecular weight excluding hydrogens is 270 g/mol. The SMILES string of the molecule is Cc1ccccc1C(=O)NCCCc1ccc(Cl)cc1. The quantitative estimate of drug-likeness (QED) is 0.827. The van der Waals surface area contributed by atoms with Crippen molar-refractivity contribution in [3.63, 3.8) is 0 Å². The van der Waals surface area contributed by atoms with E-state index in [4.69, 9.17) is 11.6 Å². The maximum atomic E-state index is 12.0. The van der Waals surface area contributed by atoms with Crippen molar-refractivity contribution in [1.82, 2.24) is 5.32 Å². The van der Waals surface area contributed by atoms with Gasteiger partial charge >= 0.3 is 0 Å². The summed E-state index contributed by atoms with van der Waals surface area (Å²) in [5.74, 6) is -0.000735. The second-order valence-corrected chi connectivity index (χ2v) is 5.24. The van der Waals surface area contributed by atoms with Crippen LogP contribution in [0.4, 0.5) is 0 Å². The van der Waals surface area contributed by atoms with Crippen LogP contribution in [0, 0.1) is 6.92 Å². The lowest BCUT2D eigenvalue weighted by Gasteiger charge is -2.07. The Bertz CT molecular complexity index is 578. The Morgan fingerprint density at radius 3 is 2.50 bits per heavy atom. The van der Waals surface area contributed by atoms with E-state index in [9.17, 15) is 4.79 Å². The van der Waals surface area contributed by atoms with Gasteiger partial charge in [-0.15, -0.1) is 0 Å². The van der Waals surface area contributed by atoms with Crippen LogP contribution in [0.15, 0.2) is 48.5 Å². The molecule has 2 aromatic rings. The first-order chi connectivity index (χ1) is 9.66. The van der Waals surface area contributed by atoms with E-state index in [1.165, 1.54) is 5.56 Å². The Morgan fingerprint density at radius 2 is 1.80 bits per heavy atom. The fraction of sp³-hybridized carbons (Fsp3) is 0.235. The molecule has 104 valence electrons. The smallest absolute Gasteiger partial charge is 0.251 e. The van der Waals surface area contributed by atoms with Crippen LogP contribution in [0.2, 0.25) is 5.02 Å². The molecular formula is C17H18ClNO. The molecule has 0 radical (unpaired) electrons. The number of benzene rings is 2. The lowest BCUT2D eigenvalue weighted by molar-refractivity contribution is 0.0952. The fourth-order valence-corrected chi connectivity index (χ4v) is 2.19. The molecule has 0 unspecified atom stereocenters. The van der Waals surface area contributed by atoms with E-state index in [0.29, 0.717) is 6.54 Å². The average molecular weight is 288 g/mol. The third-order valence-corrected chi connectivity index (χ3v) is 3.48. The second kappa shape index (κ2) is 7.11. The molecule has 0 spiro atoms. The van der Waals surface area contributed by atoms with Crippen molar-refractivity contribution in [1.29, 1.82) is 0 Å². The lowest BCUT2D eigenvalue weighted by atomic mass is 10.1. The number of rotatable bonds is 5. The molecule has 2 aromatic carbocycles. The van der Waals surface area contributed by atoms with E-state index in [-0.39, 0.29) is 5.91 Å². The molecule has 0 aromatic heterocycles. The minimum absolute atomic E-state index is 0.000735. The Kier molecular flexibility index (Phi) is 5.19. The Morgan fingerprint density at radius 1 is 1.10 bits per heavy atom. The number of hydrogen-bond donors (Lipinski definition) is 1. The third kappa shape index (κ3) is 4.10. The van der Waals surface area contributed by atoms with Gasteiger partial charge in [0.05, 0.1) is 0 Å². The Hall–Kier alpha value is -1.80. The van der Waals surface area contributed by atoms with E-state index < -0.39 is 0 Å². The normalized spacial score (nSPS) is 10.3. The van der Waals surface area contributed by atoms with Crippen LogP contribution < -0.4 is 5.32 Å². The Labute approximate surface area is 124 Å². The molecule has 20 heavy (non-hydrogen) atoms. The molecule has 0 bridgehead atoms. The zero-order valence-electron chi connectivity index (χ0n) is 11.5. The molecule has 0 atom stereocenters. The number of halogens is 1. The van der Waals surface area contributed by atoms with Gasteiger partial charge in [0.1, 0.15) is 0 Å². The zero-order valence-corrected chi connectivity index (χ0v) is 12.3. The van der Waals surface area contributed by atoms with E-state index in [1.54, 1.807) is 0 Å². The molecule has 0 aliphatic rings. The van der Waals surface area contributed by atoms with Gasteiger partial charge < -0.3 is 5.32 Å². The van der Waals surface area contributed by atoms with Crippen molar-refractivity contribution in [3.05, 3.63) is 70.2 Å². The monoisotopic (exact) mass is 287 g/mol. The van der Waals surface area contributed by atoms with Gasteiger partial charge in [-0.25, -0.2) is 0 Å². The molecule has 0 heterocycles. The Balaban J connectivity index is 1.77. The van der Waals surface area contributed by atoms with Gasteiger partial charge in [0, 0.05) is 17.1 Å². The van der Waals surface area contributed by atoms with Crippen molar-refractivity contribution in [2.45, 2.75) is 19.8 Å². The predicted molar refractivity (Wildman–Crippen MR) is 83.3 cm³/mol. The van der Waals surface area contributed by atoms with Gasteiger partial charge in [-0.2, -0.15) is 0 Å². The maximum Gasteiger partial charge on any atom is 0.251 e. The molecule has 0 fully saturated rings. The van der Waals surface area contributed by atoms with E-state index in [2.05, 4.69) is 5.32 Å². The van der Waals surface area contributed by atoms with E-state index in [1.807, 2.05) is 55.5 Å². The van der Waals surface area contributed by atoms with Gasteiger partial charge in [-0.1, -0.05) is 41.9 Å². The molecule has 1 N–H and O–H groups in total. The largest absolute Gasteiger partial charge is 0.352 e. The van der Waals surface area contributed by atoms with Gasteiger partial charge in [-0.3, -0.25) is 4.79 Å². The number of amides is 1. The van der Waals surface area contributed by atoms with Crippen LogP contribution in [0.25, 0.3) is 0 Å². The standard InChI is InChI=1S/C17H18ClNO/c1-13-5-2-3-7-16(13)17(20)19-12-4-6-14-8-10-15(18)11-9-14/h2-3,5,7-11H,4,6,12H2,1H3,(H,19,20). The van der Waals surface area contributed by atoms with Crippen molar-refractivity contribution < 1.29 is 4.79 Å². The highest BCUT2D eigenvalue weighted by molar-refractivity contribution is 6.30. The van der Waals surface area contributed by atoms with Gasteiger partial charge in [-0.05, 0) is 49.1 Å². The summed E-state index contributed by atoms with van der Waals surface area (Å²) in [5, 5.41) is 3.71. The van der Waals surface area contributed by atoms with Crippen molar-refractivity contribution in [3.8, 4) is 0 Å². The first-order valence-electron chi connectivity index (χ1n) is 6.75. The van der Waals surface area contributed by atoms with E-state index >= 15 is 0 Å². The summed E-state index contributed by atoms with van der Waals surface area (Å²) in [4.78, 5) is 12.0. The number of carbonyl (C=O) groups is 1. The van der Waals surface area contributed by atoms with Crippen LogP contribution in [-0.2, 0) is 6.42 Å². The predicted octanol–water partition coefficient (Wildman–Crippen LogP) is 4.01. The van der Waals surface area contributed by atoms with Gasteiger partial charge in [0.15, 0.2) is 0 Å². The van der Waals surface area contributed by atoms with Crippen LogP contribution in [0.3, 0.4) is 0 Å². The summed E-state index contributed by atoms with van der Waals surface area (Å²) < 4.78 is 0. The molecule has 0 saturated heterocycles. The highest BCUT2D eigenvalue weighted by atomic mass is 35.5. The van der Waals surface area contributed by atoms with Crippen LogP contribution in [0.5, 0.6) is 0 Å². The summed E-state index contributed by atoms with van der Waals surface area (Å²) in [6.07, 6.45) is 1.85. The summed E-state index contributed by atoms with van der Waals surface area (Å²) in [6.45, 7) is 2.62. The highest BCUT2D eigenvalue weighted by Gasteiger charge is 2.06. The minimum atomic E-state index is -0.000735. The molecule has 1 amide bonds. The number of carbonyl (C=O) groups excluding carboxylic acids is 1. The molecule has 0 aliphatic carbocycles. The maximum absolute atomic E-state index is 12.0. The van der Waals surface area contributed by atoms with Crippen LogP contribution in [0.1, 0.15) is 27.9 Å². The summed E-state index contributed by atoms with van der Waals surface area (Å²) in [5.41, 5.74) is 2.99. The van der Waals surface area contributed by atoms with Crippen LogP contribution in [-0.4, -0.2) is 12.5 Å². The summed E-state index contributed by atoms with van der Waals surface area (Å²) in [7, 11) is 0. The van der Waals surface area contributed by atoms with Crippen molar-refractivity contribution in [2.24, 2.45) is 0 Å². The molecule has 0 saturated carbocycles. The molecule has 0 aliphatic heterocycles. The average Bonchev–Trinajstić information content (AvgIpc) is 2.46. The fourth-order valence-electron chi connectivity index (χ4n) is 2.07. The molecule has 3 heteroatoms. The van der Waals surface area contributed by atoms with Crippen molar-refractivity contribution >= 4 is 17.5 Å². The number of aryl methyl sites for hydroxylation is 2. The first kappa shape index (κ1) is 14.6. The van der Waals surface area contributed by atoms with Crippen molar-refractivity contribution in [2.75, 3.05) is 6.54 Å². The number of nitrogens with one attached hydrogen (secondary N) is 1. The van der Waals surface area contributed by atoms with Crippen LogP contribution >= 0.6 is 11.6 Å². The van der Waals surface area contributed by atoms with Gasteiger partial charge in [0.25, 0.3) is 5.91 Å². The molecule has 2 rings (SSSR count). The van der Waals surface area contributed by atoms with Gasteiger partial charge in [0.2, 0.25) is 0 Å². The highest BCUT2D eigenvalue weighted by Crippen LogP contribution is 2.11. The topological polar surface area (TPSA) is 29.1 Å². The summed E-state index contributed by atoms with van der Waals surface area (Å²) in [6, 6.07) is 15.4. The second-order valence-electron chi connectivity index (χ2n) is 4.80. The summed E-state index contributed by atoms with van der Waals surface area (Å²) >= 11 is 5.84.